The van der Waals surface area contributed by atoms with Crippen LogP contribution in [0.5, 0.6) is 0 Å². The first-order valence-electron chi connectivity index (χ1n) is 6.75. The number of aryl methyl sites for hydroxylation is 1. The first-order valence-corrected chi connectivity index (χ1v) is 6.75. The van der Waals surface area contributed by atoms with Crippen molar-refractivity contribution in [3.05, 3.63) is 70.8 Å². The van der Waals surface area contributed by atoms with E-state index in [2.05, 4.69) is 18.2 Å². The molecule has 0 aromatic heterocycles. The molecule has 0 saturated heterocycles. The highest BCUT2D eigenvalue weighted by Gasteiger charge is 2.38. The minimum Gasteiger partial charge on any atom is -0.327 e. The Morgan fingerprint density at radius 3 is 3.00 bits per heavy atom. The van der Waals surface area contributed by atoms with Crippen LogP contribution in [-0.4, -0.2) is 17.4 Å². The lowest BCUT2D eigenvalue weighted by atomic mass is 9.93. The molecular formula is C17H14NO. The van der Waals surface area contributed by atoms with Gasteiger partial charge in [0.15, 0.2) is 0 Å². The van der Waals surface area contributed by atoms with Gasteiger partial charge in [-0.1, -0.05) is 30.3 Å². The quantitative estimate of drug-likeness (QED) is 0.702. The number of carbonyl (C=O) groups is 1. The zero-order valence-corrected chi connectivity index (χ0v) is 10.6. The normalized spacial score (nSPS) is 20.5. The maximum absolute atomic E-state index is 12.5. The van der Waals surface area contributed by atoms with Crippen LogP contribution in [0.2, 0.25) is 0 Å². The first-order chi connectivity index (χ1) is 9.36. The van der Waals surface area contributed by atoms with Crippen LogP contribution in [0.25, 0.3) is 0 Å². The van der Waals surface area contributed by atoms with Crippen molar-refractivity contribution >= 4 is 5.91 Å². The fraction of sp³-hybridized carbons (Fsp3) is 0.235. The molecule has 0 N–H and O–H groups in total. The minimum atomic E-state index is 0.0960. The molecule has 2 heterocycles. The third-order valence-electron chi connectivity index (χ3n) is 4.19. The second-order valence-corrected chi connectivity index (χ2v) is 5.22. The van der Waals surface area contributed by atoms with Crippen molar-refractivity contribution in [2.45, 2.75) is 18.9 Å². The van der Waals surface area contributed by atoms with E-state index in [1.54, 1.807) is 0 Å². The van der Waals surface area contributed by atoms with Gasteiger partial charge in [0.2, 0.25) is 0 Å². The van der Waals surface area contributed by atoms with Gasteiger partial charge in [-0.05, 0) is 47.7 Å². The van der Waals surface area contributed by atoms with E-state index in [0.29, 0.717) is 0 Å². The van der Waals surface area contributed by atoms with Gasteiger partial charge in [-0.15, -0.1) is 0 Å². The summed E-state index contributed by atoms with van der Waals surface area (Å²) in [4.78, 5) is 14.5. The van der Waals surface area contributed by atoms with Crippen molar-refractivity contribution in [1.29, 1.82) is 0 Å². The summed E-state index contributed by atoms with van der Waals surface area (Å²) in [7, 11) is 0. The first kappa shape index (κ1) is 10.8. The highest BCUT2D eigenvalue weighted by molar-refractivity contribution is 5.99. The second kappa shape index (κ2) is 3.95. The number of carbonyl (C=O) groups excluding carboxylic acids is 1. The maximum atomic E-state index is 12.5. The van der Waals surface area contributed by atoms with Gasteiger partial charge >= 0.3 is 0 Å². The smallest absolute Gasteiger partial charge is 0.255 e. The molecule has 2 heteroatoms. The van der Waals surface area contributed by atoms with Gasteiger partial charge in [0.25, 0.3) is 5.91 Å². The van der Waals surface area contributed by atoms with E-state index < -0.39 is 0 Å². The Morgan fingerprint density at radius 1 is 1.16 bits per heavy atom. The van der Waals surface area contributed by atoms with E-state index >= 15 is 0 Å². The molecular weight excluding hydrogens is 234 g/mol. The Bertz CT molecular complexity index is 662. The number of benzene rings is 2. The Labute approximate surface area is 112 Å². The summed E-state index contributed by atoms with van der Waals surface area (Å²) in [6, 6.07) is 17.4. The molecule has 2 aliphatic rings. The predicted molar refractivity (Wildman–Crippen MR) is 72.9 cm³/mol. The minimum absolute atomic E-state index is 0.0960. The standard InChI is InChI=1S/C17H14NO/c19-17-15-10-4-3-9-14(15)16-13-8-2-1-6-12(13)7-5-11-18(16)17/h1,3-4,6,8-10,16H,5,7,11H2. The summed E-state index contributed by atoms with van der Waals surface area (Å²) >= 11 is 0. The van der Waals surface area contributed by atoms with Crippen LogP contribution in [0.4, 0.5) is 0 Å². The zero-order chi connectivity index (χ0) is 12.8. The summed E-state index contributed by atoms with van der Waals surface area (Å²) in [5, 5.41) is 0. The Morgan fingerprint density at radius 2 is 2.05 bits per heavy atom. The van der Waals surface area contributed by atoms with Crippen molar-refractivity contribution in [2.24, 2.45) is 0 Å². The molecule has 2 aromatic carbocycles. The van der Waals surface area contributed by atoms with Crippen molar-refractivity contribution in [3.63, 3.8) is 0 Å². The molecule has 4 rings (SSSR count). The molecule has 19 heavy (non-hydrogen) atoms. The molecule has 0 fully saturated rings. The van der Waals surface area contributed by atoms with E-state index in [1.807, 2.05) is 35.2 Å². The molecule has 0 saturated carbocycles. The summed E-state index contributed by atoms with van der Waals surface area (Å²) in [5.41, 5.74) is 4.62. The van der Waals surface area contributed by atoms with E-state index in [1.165, 1.54) is 11.1 Å². The average molecular weight is 248 g/mol. The molecule has 0 aliphatic carbocycles. The van der Waals surface area contributed by atoms with Crippen molar-refractivity contribution in [3.8, 4) is 0 Å². The highest BCUT2D eigenvalue weighted by Crippen LogP contribution is 2.41. The van der Waals surface area contributed by atoms with Crippen molar-refractivity contribution in [2.75, 3.05) is 6.54 Å². The van der Waals surface area contributed by atoms with Gasteiger partial charge in [0, 0.05) is 12.1 Å². The van der Waals surface area contributed by atoms with Crippen LogP contribution < -0.4 is 0 Å². The van der Waals surface area contributed by atoms with Crippen molar-refractivity contribution < 1.29 is 4.79 Å². The van der Waals surface area contributed by atoms with Crippen LogP contribution in [0.1, 0.15) is 39.5 Å². The van der Waals surface area contributed by atoms with E-state index in [-0.39, 0.29) is 11.9 Å². The number of nitrogens with zero attached hydrogens (tertiary/aromatic N) is 1. The maximum Gasteiger partial charge on any atom is 0.255 e. The van der Waals surface area contributed by atoms with Crippen LogP contribution in [-0.2, 0) is 6.42 Å². The largest absolute Gasteiger partial charge is 0.327 e. The lowest BCUT2D eigenvalue weighted by Crippen LogP contribution is -2.28. The van der Waals surface area contributed by atoms with E-state index in [0.717, 1.165) is 30.5 Å². The van der Waals surface area contributed by atoms with Crippen LogP contribution >= 0.6 is 0 Å². The number of hydrogen-bond donors (Lipinski definition) is 0. The van der Waals surface area contributed by atoms with Gasteiger partial charge in [0.05, 0.1) is 6.04 Å². The number of hydrogen-bond acceptors (Lipinski definition) is 1. The molecule has 2 aromatic rings. The van der Waals surface area contributed by atoms with E-state index in [9.17, 15) is 4.79 Å². The molecule has 1 radical (unpaired) electrons. The van der Waals surface area contributed by atoms with Crippen LogP contribution in [0.3, 0.4) is 0 Å². The van der Waals surface area contributed by atoms with E-state index in [4.69, 9.17) is 0 Å². The fourth-order valence-electron chi connectivity index (χ4n) is 3.33. The molecule has 93 valence electrons. The molecule has 1 unspecified atom stereocenters. The van der Waals surface area contributed by atoms with Crippen LogP contribution in [0.15, 0.2) is 42.5 Å². The Hall–Kier alpha value is -2.09. The van der Waals surface area contributed by atoms with Crippen molar-refractivity contribution in [1.82, 2.24) is 4.90 Å². The monoisotopic (exact) mass is 248 g/mol. The third-order valence-corrected chi connectivity index (χ3v) is 4.19. The highest BCUT2D eigenvalue weighted by atomic mass is 16.2. The SMILES string of the molecule is O=C1c2ccccc2C2c3c[c]ccc3CCCN12. The summed E-state index contributed by atoms with van der Waals surface area (Å²) in [6.07, 6.45) is 2.08. The molecule has 1 atom stereocenters. The lowest BCUT2D eigenvalue weighted by molar-refractivity contribution is 0.0753. The summed E-state index contributed by atoms with van der Waals surface area (Å²) < 4.78 is 0. The average Bonchev–Trinajstić information content (AvgIpc) is 2.62. The van der Waals surface area contributed by atoms with Gasteiger partial charge in [-0.2, -0.15) is 0 Å². The van der Waals surface area contributed by atoms with Gasteiger partial charge in [0.1, 0.15) is 0 Å². The number of rotatable bonds is 0. The number of amides is 1. The summed E-state index contributed by atoms with van der Waals surface area (Å²) in [5.74, 6) is 0.178. The Balaban J connectivity index is 1.97. The topological polar surface area (TPSA) is 20.3 Å². The van der Waals surface area contributed by atoms with Gasteiger partial charge < -0.3 is 4.90 Å². The molecule has 0 bridgehead atoms. The van der Waals surface area contributed by atoms with Gasteiger partial charge in [-0.25, -0.2) is 0 Å². The Kier molecular flexibility index (Phi) is 2.25. The third kappa shape index (κ3) is 1.46. The lowest BCUT2D eigenvalue weighted by Gasteiger charge is -2.24. The second-order valence-electron chi connectivity index (χ2n) is 5.22. The molecule has 1 amide bonds. The molecule has 2 nitrogen and oxygen atoms in total. The predicted octanol–water partition coefficient (Wildman–Crippen LogP) is 2.98. The van der Waals surface area contributed by atoms with Gasteiger partial charge in [-0.3, -0.25) is 4.79 Å². The molecule has 0 spiro atoms. The fourth-order valence-corrected chi connectivity index (χ4v) is 3.33. The zero-order valence-electron chi connectivity index (χ0n) is 10.6. The molecule has 2 aliphatic heterocycles. The summed E-state index contributed by atoms with van der Waals surface area (Å²) in [6.45, 7) is 0.840. The number of fused-ring (bicyclic) bond motifs is 5. The van der Waals surface area contributed by atoms with Crippen LogP contribution in [0, 0.1) is 6.07 Å².